The molecule has 0 amide bonds. The van der Waals surface area contributed by atoms with Crippen molar-refractivity contribution in [1.82, 2.24) is 10.3 Å². The van der Waals surface area contributed by atoms with Crippen molar-refractivity contribution in [1.29, 1.82) is 0 Å². The Balaban J connectivity index is 2.09. The van der Waals surface area contributed by atoms with E-state index < -0.39 is 0 Å². The number of aromatic nitrogens is 1. The van der Waals surface area contributed by atoms with Crippen LogP contribution < -0.4 is 10.1 Å². The summed E-state index contributed by atoms with van der Waals surface area (Å²) in [6.07, 6.45) is 2.17. The van der Waals surface area contributed by atoms with E-state index in [4.69, 9.17) is 4.74 Å². The SMILES string of the molecule is CCCc1nc(COc2cc(Br)ccc2C(C)NC)cs1. The Kier molecular flexibility index (Phi) is 6.21. The molecule has 1 unspecified atom stereocenters. The normalized spacial score (nSPS) is 12.4. The number of hydrogen-bond donors (Lipinski definition) is 1. The number of nitrogens with zero attached hydrogens (tertiary/aromatic N) is 1. The summed E-state index contributed by atoms with van der Waals surface area (Å²) in [5, 5.41) is 6.53. The van der Waals surface area contributed by atoms with Crippen molar-refractivity contribution in [2.24, 2.45) is 0 Å². The minimum Gasteiger partial charge on any atom is -0.487 e. The topological polar surface area (TPSA) is 34.1 Å². The van der Waals surface area contributed by atoms with Gasteiger partial charge in [0.05, 0.1) is 10.7 Å². The van der Waals surface area contributed by atoms with Crippen LogP contribution in [0, 0.1) is 0 Å². The lowest BCUT2D eigenvalue weighted by Crippen LogP contribution is -2.13. The average Bonchev–Trinajstić information content (AvgIpc) is 2.92. The van der Waals surface area contributed by atoms with Crippen molar-refractivity contribution in [3.8, 4) is 5.75 Å². The summed E-state index contributed by atoms with van der Waals surface area (Å²) in [6, 6.07) is 6.39. The maximum Gasteiger partial charge on any atom is 0.131 e. The predicted octanol–water partition coefficient (Wildman–Crippen LogP) is 4.72. The molecule has 0 spiro atoms. The second kappa shape index (κ2) is 7.92. The van der Waals surface area contributed by atoms with Crippen molar-refractivity contribution >= 4 is 27.3 Å². The van der Waals surface area contributed by atoms with Gasteiger partial charge in [0, 0.05) is 21.5 Å². The van der Waals surface area contributed by atoms with Crippen LogP contribution in [0.4, 0.5) is 0 Å². The van der Waals surface area contributed by atoms with Gasteiger partial charge in [0.15, 0.2) is 0 Å². The van der Waals surface area contributed by atoms with E-state index in [9.17, 15) is 0 Å². The molecule has 0 aliphatic carbocycles. The summed E-state index contributed by atoms with van der Waals surface area (Å²) in [4.78, 5) is 4.60. The summed E-state index contributed by atoms with van der Waals surface area (Å²) in [7, 11) is 1.95. The van der Waals surface area contributed by atoms with Gasteiger partial charge in [0.25, 0.3) is 0 Å². The first kappa shape index (κ1) is 16.5. The second-order valence-electron chi connectivity index (χ2n) is 4.96. The Morgan fingerprint density at radius 1 is 1.43 bits per heavy atom. The van der Waals surface area contributed by atoms with Gasteiger partial charge in [-0.3, -0.25) is 0 Å². The molecule has 5 heteroatoms. The van der Waals surface area contributed by atoms with Crippen LogP contribution in [0.2, 0.25) is 0 Å². The maximum absolute atomic E-state index is 5.99. The van der Waals surface area contributed by atoms with Crippen LogP contribution in [0.1, 0.15) is 42.6 Å². The van der Waals surface area contributed by atoms with E-state index in [-0.39, 0.29) is 6.04 Å². The first-order chi connectivity index (χ1) is 10.1. The molecule has 1 atom stereocenters. The quantitative estimate of drug-likeness (QED) is 0.767. The smallest absolute Gasteiger partial charge is 0.131 e. The van der Waals surface area contributed by atoms with Gasteiger partial charge in [-0.2, -0.15) is 0 Å². The summed E-state index contributed by atoms with van der Waals surface area (Å²) in [5.41, 5.74) is 2.16. The molecular formula is C16H21BrN2OS. The van der Waals surface area contributed by atoms with Crippen LogP contribution in [-0.2, 0) is 13.0 Å². The number of thiazole rings is 1. The third-order valence-electron chi connectivity index (χ3n) is 3.31. The number of aryl methyl sites for hydroxylation is 1. The third-order valence-corrected chi connectivity index (χ3v) is 4.76. The van der Waals surface area contributed by atoms with Crippen molar-refractivity contribution < 1.29 is 4.74 Å². The largest absolute Gasteiger partial charge is 0.487 e. The van der Waals surface area contributed by atoms with Crippen molar-refractivity contribution in [3.05, 3.63) is 44.3 Å². The third kappa shape index (κ3) is 4.53. The molecule has 0 aliphatic heterocycles. The Labute approximate surface area is 138 Å². The molecule has 0 radical (unpaired) electrons. The highest BCUT2D eigenvalue weighted by Crippen LogP contribution is 2.29. The number of rotatable bonds is 7. The van der Waals surface area contributed by atoms with Gasteiger partial charge in [-0.15, -0.1) is 11.3 Å². The highest BCUT2D eigenvalue weighted by molar-refractivity contribution is 9.10. The molecule has 114 valence electrons. The van der Waals surface area contributed by atoms with Crippen LogP contribution in [0.15, 0.2) is 28.1 Å². The van der Waals surface area contributed by atoms with Gasteiger partial charge >= 0.3 is 0 Å². The summed E-state index contributed by atoms with van der Waals surface area (Å²) in [6.45, 7) is 4.81. The van der Waals surface area contributed by atoms with Gasteiger partial charge in [0.2, 0.25) is 0 Å². The number of hydrogen-bond acceptors (Lipinski definition) is 4. The average molecular weight is 369 g/mol. The van der Waals surface area contributed by atoms with E-state index in [1.165, 1.54) is 5.01 Å². The molecule has 0 fully saturated rings. The van der Waals surface area contributed by atoms with E-state index in [0.29, 0.717) is 6.61 Å². The molecule has 0 aliphatic rings. The molecule has 1 aromatic carbocycles. The molecule has 3 nitrogen and oxygen atoms in total. The summed E-state index contributed by atoms with van der Waals surface area (Å²) in [5.74, 6) is 0.899. The first-order valence-corrected chi connectivity index (χ1v) is 8.84. The van der Waals surface area contributed by atoms with Gasteiger partial charge in [0.1, 0.15) is 12.4 Å². The highest BCUT2D eigenvalue weighted by atomic mass is 79.9. The Bertz CT molecular complexity index is 585. The highest BCUT2D eigenvalue weighted by Gasteiger charge is 2.11. The lowest BCUT2D eigenvalue weighted by Gasteiger charge is -2.16. The fourth-order valence-corrected chi connectivity index (χ4v) is 3.27. The second-order valence-corrected chi connectivity index (χ2v) is 6.82. The van der Waals surface area contributed by atoms with Crippen LogP contribution in [0.3, 0.4) is 0 Å². The fraction of sp³-hybridized carbons (Fsp3) is 0.438. The van der Waals surface area contributed by atoms with Crippen molar-refractivity contribution in [3.63, 3.8) is 0 Å². The molecule has 1 aromatic heterocycles. The van der Waals surface area contributed by atoms with E-state index >= 15 is 0 Å². The van der Waals surface area contributed by atoms with E-state index in [1.54, 1.807) is 11.3 Å². The van der Waals surface area contributed by atoms with Crippen molar-refractivity contribution in [2.75, 3.05) is 7.05 Å². The van der Waals surface area contributed by atoms with Crippen LogP contribution in [0.5, 0.6) is 5.75 Å². The minimum absolute atomic E-state index is 0.249. The van der Waals surface area contributed by atoms with Crippen LogP contribution in [-0.4, -0.2) is 12.0 Å². The van der Waals surface area contributed by atoms with Crippen LogP contribution >= 0.6 is 27.3 Å². The lowest BCUT2D eigenvalue weighted by molar-refractivity contribution is 0.296. The number of nitrogens with one attached hydrogen (secondary N) is 1. The molecule has 21 heavy (non-hydrogen) atoms. The fourth-order valence-electron chi connectivity index (χ4n) is 2.04. The number of halogens is 1. The zero-order chi connectivity index (χ0) is 15.2. The molecule has 0 saturated heterocycles. The Morgan fingerprint density at radius 2 is 2.24 bits per heavy atom. The zero-order valence-electron chi connectivity index (χ0n) is 12.6. The zero-order valence-corrected chi connectivity index (χ0v) is 15.1. The molecule has 0 saturated carbocycles. The molecule has 1 N–H and O–H groups in total. The van der Waals surface area contributed by atoms with Crippen LogP contribution in [0.25, 0.3) is 0 Å². The van der Waals surface area contributed by atoms with E-state index in [1.807, 2.05) is 19.2 Å². The van der Waals surface area contributed by atoms with E-state index in [0.717, 1.165) is 34.3 Å². The Hall–Kier alpha value is -0.910. The van der Waals surface area contributed by atoms with Crippen molar-refractivity contribution in [2.45, 2.75) is 39.3 Å². The predicted molar refractivity (Wildman–Crippen MR) is 92.1 cm³/mol. The Morgan fingerprint density at radius 3 is 2.95 bits per heavy atom. The monoisotopic (exact) mass is 368 g/mol. The van der Waals surface area contributed by atoms with Gasteiger partial charge < -0.3 is 10.1 Å². The number of ether oxygens (including phenoxy) is 1. The molecule has 2 rings (SSSR count). The molecule has 0 bridgehead atoms. The van der Waals surface area contributed by atoms with Gasteiger partial charge in [-0.05, 0) is 38.9 Å². The molecule has 2 aromatic rings. The molecular weight excluding hydrogens is 348 g/mol. The van der Waals surface area contributed by atoms with Gasteiger partial charge in [-0.1, -0.05) is 28.9 Å². The standard InChI is InChI=1S/C16H21BrN2OS/c1-4-5-16-19-13(10-21-16)9-20-15-8-12(17)6-7-14(15)11(2)18-3/h6-8,10-11,18H,4-5,9H2,1-3H3. The molecule has 1 heterocycles. The number of benzene rings is 1. The summed E-state index contributed by atoms with van der Waals surface area (Å²) < 4.78 is 7.02. The maximum atomic E-state index is 5.99. The first-order valence-electron chi connectivity index (χ1n) is 7.16. The van der Waals surface area contributed by atoms with E-state index in [2.05, 4.69) is 51.5 Å². The summed E-state index contributed by atoms with van der Waals surface area (Å²) >= 11 is 5.22. The minimum atomic E-state index is 0.249. The van der Waals surface area contributed by atoms with Gasteiger partial charge in [-0.25, -0.2) is 4.98 Å². The lowest BCUT2D eigenvalue weighted by atomic mass is 10.1.